The lowest BCUT2D eigenvalue weighted by molar-refractivity contribution is -0.00685. The standard InChI is InChI=1S/C19H24N4O3/c1-11-8-14(25-3)4-5-15(11)19(24)23-7-6-13-9-16(26-17(13)10-23)18-20-12(2)21-22-18/h4-5,8,13,16-17H,6-7,9-10H2,1-3H3,(H,20,21,22)/t13?,16-,17-/m1/s1. The van der Waals surface area contributed by atoms with Crippen LogP contribution in [0.15, 0.2) is 18.2 Å². The predicted octanol–water partition coefficient (Wildman–Crippen LogP) is 2.42. The number of hydrogen-bond donors (Lipinski definition) is 1. The van der Waals surface area contributed by atoms with Gasteiger partial charge in [0.1, 0.15) is 17.7 Å². The summed E-state index contributed by atoms with van der Waals surface area (Å²) in [6.07, 6.45) is 1.85. The Morgan fingerprint density at radius 2 is 2.23 bits per heavy atom. The van der Waals surface area contributed by atoms with E-state index in [0.717, 1.165) is 47.9 Å². The zero-order valence-electron chi connectivity index (χ0n) is 15.4. The van der Waals surface area contributed by atoms with Gasteiger partial charge in [0.25, 0.3) is 5.91 Å². The van der Waals surface area contributed by atoms with E-state index in [1.807, 2.05) is 36.9 Å². The first-order valence-electron chi connectivity index (χ1n) is 9.03. The molecule has 1 unspecified atom stereocenters. The van der Waals surface area contributed by atoms with Gasteiger partial charge in [0.15, 0.2) is 5.82 Å². The van der Waals surface area contributed by atoms with Crippen LogP contribution in [0.4, 0.5) is 0 Å². The van der Waals surface area contributed by atoms with Crippen LogP contribution in [0.3, 0.4) is 0 Å². The molecule has 1 amide bonds. The van der Waals surface area contributed by atoms with E-state index in [0.29, 0.717) is 12.5 Å². The van der Waals surface area contributed by atoms with Gasteiger partial charge in [0.2, 0.25) is 0 Å². The fourth-order valence-electron chi connectivity index (χ4n) is 3.96. The Morgan fingerprint density at radius 3 is 2.92 bits per heavy atom. The molecule has 7 heteroatoms. The summed E-state index contributed by atoms with van der Waals surface area (Å²) in [5.41, 5.74) is 1.65. The SMILES string of the molecule is COc1ccc(C(=O)N2CCC3C[C@H](c4n[nH]c(C)n4)O[C@@H]3C2)c(C)c1. The number of fused-ring (bicyclic) bond motifs is 1. The zero-order valence-corrected chi connectivity index (χ0v) is 15.4. The molecule has 0 saturated carbocycles. The van der Waals surface area contributed by atoms with Crippen LogP contribution in [-0.2, 0) is 4.74 Å². The van der Waals surface area contributed by atoms with E-state index in [-0.39, 0.29) is 18.1 Å². The van der Waals surface area contributed by atoms with Gasteiger partial charge >= 0.3 is 0 Å². The minimum absolute atomic E-state index is 0.0510. The topological polar surface area (TPSA) is 80.3 Å². The van der Waals surface area contributed by atoms with Gasteiger partial charge in [0.05, 0.1) is 13.2 Å². The number of likely N-dealkylation sites (tertiary alicyclic amines) is 1. The van der Waals surface area contributed by atoms with E-state index in [1.165, 1.54) is 0 Å². The normalized spacial score (nSPS) is 25.2. The predicted molar refractivity (Wildman–Crippen MR) is 95.1 cm³/mol. The largest absolute Gasteiger partial charge is 0.497 e. The fraction of sp³-hybridized carbons (Fsp3) is 0.526. The number of piperidine rings is 1. The summed E-state index contributed by atoms with van der Waals surface area (Å²) in [4.78, 5) is 19.3. The molecular weight excluding hydrogens is 332 g/mol. The van der Waals surface area contributed by atoms with E-state index in [4.69, 9.17) is 9.47 Å². The molecule has 7 nitrogen and oxygen atoms in total. The van der Waals surface area contributed by atoms with Gasteiger partial charge in [0, 0.05) is 18.7 Å². The summed E-state index contributed by atoms with van der Waals surface area (Å²) in [7, 11) is 1.63. The van der Waals surface area contributed by atoms with Gasteiger partial charge in [-0.15, -0.1) is 0 Å². The molecule has 2 saturated heterocycles. The summed E-state index contributed by atoms with van der Waals surface area (Å²) in [6.45, 7) is 5.20. The minimum Gasteiger partial charge on any atom is -0.497 e. The highest BCUT2D eigenvalue weighted by Gasteiger charge is 2.42. The maximum atomic E-state index is 13.0. The van der Waals surface area contributed by atoms with Crippen molar-refractivity contribution < 1.29 is 14.3 Å². The lowest BCUT2D eigenvalue weighted by Gasteiger charge is -2.34. The van der Waals surface area contributed by atoms with Crippen LogP contribution >= 0.6 is 0 Å². The average molecular weight is 356 g/mol. The van der Waals surface area contributed by atoms with Crippen molar-refractivity contribution in [2.75, 3.05) is 20.2 Å². The second kappa shape index (κ2) is 6.72. The Balaban J connectivity index is 1.45. The first-order chi connectivity index (χ1) is 12.5. The van der Waals surface area contributed by atoms with Crippen molar-refractivity contribution in [1.29, 1.82) is 0 Å². The molecule has 138 valence electrons. The van der Waals surface area contributed by atoms with Crippen LogP contribution in [0.1, 0.15) is 46.5 Å². The Morgan fingerprint density at radius 1 is 1.38 bits per heavy atom. The maximum absolute atomic E-state index is 13.0. The van der Waals surface area contributed by atoms with Gasteiger partial charge < -0.3 is 14.4 Å². The first kappa shape index (κ1) is 17.0. The van der Waals surface area contributed by atoms with Crippen LogP contribution in [0.2, 0.25) is 0 Å². The van der Waals surface area contributed by atoms with E-state index in [2.05, 4.69) is 15.2 Å². The van der Waals surface area contributed by atoms with Crippen LogP contribution in [-0.4, -0.2) is 52.3 Å². The third-order valence-corrected chi connectivity index (χ3v) is 5.41. The number of aromatic nitrogens is 3. The molecule has 1 aromatic heterocycles. The number of carbonyl (C=O) groups excluding carboxylic acids is 1. The highest BCUT2D eigenvalue weighted by atomic mass is 16.5. The number of rotatable bonds is 3. The lowest BCUT2D eigenvalue weighted by atomic mass is 9.91. The molecule has 3 heterocycles. The van der Waals surface area contributed by atoms with Gasteiger partial charge in [-0.2, -0.15) is 5.10 Å². The quantitative estimate of drug-likeness (QED) is 0.913. The van der Waals surface area contributed by atoms with Gasteiger partial charge in [-0.25, -0.2) is 4.98 Å². The second-order valence-electron chi connectivity index (χ2n) is 7.16. The second-order valence-corrected chi connectivity index (χ2v) is 7.16. The van der Waals surface area contributed by atoms with Crippen molar-refractivity contribution >= 4 is 5.91 Å². The number of methoxy groups -OCH3 is 1. The number of H-pyrrole nitrogens is 1. The van der Waals surface area contributed by atoms with Crippen molar-refractivity contribution in [1.82, 2.24) is 20.1 Å². The number of hydrogen-bond acceptors (Lipinski definition) is 5. The number of carbonyl (C=O) groups is 1. The highest BCUT2D eigenvalue weighted by molar-refractivity contribution is 5.96. The summed E-state index contributed by atoms with van der Waals surface area (Å²) < 4.78 is 11.4. The van der Waals surface area contributed by atoms with Crippen LogP contribution in [0.5, 0.6) is 5.75 Å². The summed E-state index contributed by atoms with van der Waals surface area (Å²) in [5.74, 6) is 2.80. The molecule has 0 radical (unpaired) electrons. The van der Waals surface area contributed by atoms with E-state index < -0.39 is 0 Å². The molecule has 0 aliphatic carbocycles. The maximum Gasteiger partial charge on any atom is 0.254 e. The molecule has 2 fully saturated rings. The number of aromatic amines is 1. The van der Waals surface area contributed by atoms with Crippen molar-refractivity contribution in [2.45, 2.75) is 38.9 Å². The minimum atomic E-state index is -0.0762. The molecule has 1 N–H and O–H groups in total. The molecule has 0 spiro atoms. The Labute approximate surface area is 152 Å². The monoisotopic (exact) mass is 356 g/mol. The van der Waals surface area contributed by atoms with Crippen molar-refractivity contribution in [2.24, 2.45) is 5.92 Å². The molecule has 2 aliphatic rings. The molecular formula is C19H24N4O3. The number of nitrogens with one attached hydrogen (secondary N) is 1. The summed E-state index contributed by atoms with van der Waals surface area (Å²) in [6, 6.07) is 5.58. The van der Waals surface area contributed by atoms with E-state index in [9.17, 15) is 4.79 Å². The number of ether oxygens (including phenoxy) is 2. The molecule has 4 rings (SSSR count). The fourth-order valence-corrected chi connectivity index (χ4v) is 3.96. The molecule has 1 aromatic carbocycles. The number of nitrogens with zero attached hydrogens (tertiary/aromatic N) is 3. The molecule has 2 aromatic rings. The Hall–Kier alpha value is -2.41. The van der Waals surface area contributed by atoms with Crippen molar-refractivity contribution in [3.05, 3.63) is 41.0 Å². The smallest absolute Gasteiger partial charge is 0.254 e. The van der Waals surface area contributed by atoms with Crippen LogP contribution < -0.4 is 4.74 Å². The first-order valence-corrected chi connectivity index (χ1v) is 9.03. The zero-order chi connectivity index (χ0) is 18.3. The number of amides is 1. The third kappa shape index (κ3) is 3.07. The van der Waals surface area contributed by atoms with Crippen molar-refractivity contribution in [3.63, 3.8) is 0 Å². The van der Waals surface area contributed by atoms with Gasteiger partial charge in [-0.3, -0.25) is 9.89 Å². The third-order valence-electron chi connectivity index (χ3n) is 5.41. The highest BCUT2D eigenvalue weighted by Crippen LogP contribution is 2.40. The number of benzene rings is 1. The Bertz CT molecular complexity index is 819. The van der Waals surface area contributed by atoms with E-state index >= 15 is 0 Å². The molecule has 3 atom stereocenters. The Kier molecular flexibility index (Phi) is 4.40. The van der Waals surface area contributed by atoms with Gasteiger partial charge in [-0.1, -0.05) is 0 Å². The van der Waals surface area contributed by atoms with Crippen LogP contribution in [0.25, 0.3) is 0 Å². The molecule has 0 bridgehead atoms. The summed E-state index contributed by atoms with van der Waals surface area (Å²) in [5, 5.41) is 7.11. The van der Waals surface area contributed by atoms with Crippen LogP contribution in [0, 0.1) is 19.8 Å². The lowest BCUT2D eigenvalue weighted by Crippen LogP contribution is -2.45. The van der Waals surface area contributed by atoms with Gasteiger partial charge in [-0.05, 0) is 56.4 Å². The molecule has 26 heavy (non-hydrogen) atoms. The average Bonchev–Trinajstić information content (AvgIpc) is 3.26. The number of aryl methyl sites for hydroxylation is 2. The van der Waals surface area contributed by atoms with Crippen molar-refractivity contribution in [3.8, 4) is 5.75 Å². The van der Waals surface area contributed by atoms with E-state index in [1.54, 1.807) is 7.11 Å². The molecule has 2 aliphatic heterocycles. The summed E-state index contributed by atoms with van der Waals surface area (Å²) >= 11 is 0.